The largest absolute Gasteiger partial charge is 0.495 e. The van der Waals surface area contributed by atoms with E-state index in [0.717, 1.165) is 16.9 Å². The molecule has 206 valence electrons. The second kappa shape index (κ2) is 11.7. The van der Waals surface area contributed by atoms with E-state index in [-0.39, 0.29) is 23.7 Å². The van der Waals surface area contributed by atoms with Crippen molar-refractivity contribution in [1.29, 1.82) is 0 Å². The Hall–Kier alpha value is -4.88. The Labute approximate surface area is 219 Å². The van der Waals surface area contributed by atoms with E-state index in [0.29, 0.717) is 22.7 Å². The molecule has 0 fully saturated rings. The average molecular weight is 547 g/mol. The summed E-state index contributed by atoms with van der Waals surface area (Å²) in [5.41, 5.74) is 9.29. The lowest BCUT2D eigenvalue weighted by molar-refractivity contribution is -0.192. The second-order valence-electron chi connectivity index (χ2n) is 7.89. The van der Waals surface area contributed by atoms with Gasteiger partial charge in [-0.3, -0.25) is 0 Å². The van der Waals surface area contributed by atoms with Crippen molar-refractivity contribution < 1.29 is 41.8 Å². The minimum atomic E-state index is -5.08. The summed E-state index contributed by atoms with van der Waals surface area (Å²) in [6.45, 7) is 5.57. The summed E-state index contributed by atoms with van der Waals surface area (Å²) >= 11 is 0. The number of hydrogen-bond donors (Lipinski definition) is 2. The number of alkyl halides is 3. The SMILES string of the molecule is CCOC(=O)c1c(C)oc2nc(C=Cc3ccc(-n4cnc(C)c4)c(OC)c3)nc(N)c12.O=C(O)C(F)(F)F. The highest BCUT2D eigenvalue weighted by Crippen LogP contribution is 2.30. The fraction of sp³-hybridized carbons (Fsp3) is 0.240. The number of fused-ring (bicyclic) bond motifs is 1. The smallest absolute Gasteiger partial charge is 0.490 e. The van der Waals surface area contributed by atoms with Gasteiger partial charge < -0.3 is 29.3 Å². The van der Waals surface area contributed by atoms with Crippen LogP contribution in [-0.4, -0.2) is 56.5 Å². The molecule has 11 nitrogen and oxygen atoms in total. The fourth-order valence-electron chi connectivity index (χ4n) is 3.41. The highest BCUT2D eigenvalue weighted by Gasteiger charge is 2.38. The zero-order chi connectivity index (χ0) is 28.9. The molecule has 0 radical (unpaired) electrons. The number of hydrogen-bond acceptors (Lipinski definition) is 9. The number of rotatable bonds is 6. The number of aromatic nitrogens is 4. The van der Waals surface area contributed by atoms with Crippen molar-refractivity contribution in [3.63, 3.8) is 0 Å². The zero-order valence-corrected chi connectivity index (χ0v) is 21.2. The first-order valence-corrected chi connectivity index (χ1v) is 11.3. The molecule has 4 rings (SSSR count). The lowest BCUT2D eigenvalue weighted by Crippen LogP contribution is -2.21. The van der Waals surface area contributed by atoms with Gasteiger partial charge in [-0.25, -0.2) is 19.6 Å². The van der Waals surface area contributed by atoms with Crippen molar-refractivity contribution in [3.05, 3.63) is 59.1 Å². The summed E-state index contributed by atoms with van der Waals surface area (Å²) in [5, 5.41) is 7.49. The van der Waals surface area contributed by atoms with E-state index in [4.69, 9.17) is 29.5 Å². The van der Waals surface area contributed by atoms with Crippen molar-refractivity contribution in [1.82, 2.24) is 19.5 Å². The number of aryl methyl sites for hydroxylation is 2. The van der Waals surface area contributed by atoms with E-state index in [9.17, 15) is 18.0 Å². The van der Waals surface area contributed by atoms with Crippen LogP contribution in [0.4, 0.5) is 19.0 Å². The van der Waals surface area contributed by atoms with E-state index in [1.165, 1.54) is 0 Å². The van der Waals surface area contributed by atoms with Gasteiger partial charge in [-0.2, -0.15) is 18.2 Å². The lowest BCUT2D eigenvalue weighted by Gasteiger charge is -2.10. The Morgan fingerprint density at radius 1 is 1.21 bits per heavy atom. The number of benzene rings is 1. The summed E-state index contributed by atoms with van der Waals surface area (Å²) in [4.78, 5) is 34.1. The maximum atomic E-state index is 12.3. The number of furan rings is 1. The predicted molar refractivity (Wildman–Crippen MR) is 134 cm³/mol. The summed E-state index contributed by atoms with van der Waals surface area (Å²) in [6.07, 6.45) is 2.14. The molecule has 3 aromatic heterocycles. The van der Waals surface area contributed by atoms with Crippen LogP contribution < -0.4 is 10.5 Å². The van der Waals surface area contributed by atoms with E-state index < -0.39 is 18.1 Å². The van der Waals surface area contributed by atoms with Gasteiger partial charge in [-0.1, -0.05) is 12.1 Å². The molecular weight excluding hydrogens is 523 g/mol. The van der Waals surface area contributed by atoms with Crippen LogP contribution in [0, 0.1) is 13.8 Å². The number of carbonyl (C=O) groups excluding carboxylic acids is 1. The monoisotopic (exact) mass is 547 g/mol. The number of imidazole rings is 1. The van der Waals surface area contributed by atoms with Crippen LogP contribution in [0.2, 0.25) is 0 Å². The first-order valence-electron chi connectivity index (χ1n) is 11.3. The first-order chi connectivity index (χ1) is 18.3. The number of halogens is 3. The van der Waals surface area contributed by atoms with Crippen LogP contribution >= 0.6 is 0 Å². The summed E-state index contributed by atoms with van der Waals surface area (Å²) in [6, 6.07) is 5.79. The molecule has 0 atom stereocenters. The van der Waals surface area contributed by atoms with Gasteiger partial charge in [0.2, 0.25) is 5.71 Å². The molecule has 14 heteroatoms. The van der Waals surface area contributed by atoms with Gasteiger partial charge >= 0.3 is 18.1 Å². The maximum absolute atomic E-state index is 12.3. The van der Waals surface area contributed by atoms with Crippen molar-refractivity contribution in [3.8, 4) is 11.4 Å². The quantitative estimate of drug-likeness (QED) is 0.327. The number of methoxy groups -OCH3 is 1. The van der Waals surface area contributed by atoms with Gasteiger partial charge in [0, 0.05) is 6.20 Å². The number of carboxylic acids is 1. The van der Waals surface area contributed by atoms with Crippen molar-refractivity contribution in [2.45, 2.75) is 26.9 Å². The number of nitrogens with two attached hydrogens (primary N) is 1. The van der Waals surface area contributed by atoms with Crippen LogP contribution in [0.1, 0.15) is 40.1 Å². The van der Waals surface area contributed by atoms with E-state index in [2.05, 4.69) is 15.0 Å². The molecule has 39 heavy (non-hydrogen) atoms. The first kappa shape index (κ1) is 28.7. The number of ether oxygens (including phenoxy) is 2. The minimum absolute atomic E-state index is 0.151. The average Bonchev–Trinajstić information content (AvgIpc) is 3.45. The van der Waals surface area contributed by atoms with Gasteiger partial charge in [0.1, 0.15) is 22.9 Å². The van der Waals surface area contributed by atoms with Crippen LogP contribution in [0.25, 0.3) is 28.9 Å². The normalized spacial score (nSPS) is 11.4. The molecule has 0 aliphatic carbocycles. The van der Waals surface area contributed by atoms with Gasteiger partial charge in [-0.05, 0) is 44.5 Å². The number of esters is 1. The van der Waals surface area contributed by atoms with E-state index in [1.807, 2.05) is 42.0 Å². The van der Waals surface area contributed by atoms with E-state index >= 15 is 0 Å². The molecule has 1 aromatic carbocycles. The van der Waals surface area contributed by atoms with Crippen LogP contribution in [0.5, 0.6) is 5.75 Å². The Balaban J connectivity index is 0.000000532. The second-order valence-corrected chi connectivity index (χ2v) is 7.89. The number of nitrogen functional groups attached to an aromatic ring is 1. The summed E-state index contributed by atoms with van der Waals surface area (Å²) < 4.78 is 49.9. The van der Waals surface area contributed by atoms with Crippen LogP contribution in [-0.2, 0) is 9.53 Å². The summed E-state index contributed by atoms with van der Waals surface area (Å²) in [5.74, 6) is -1.68. The van der Waals surface area contributed by atoms with Crippen molar-refractivity contribution >= 4 is 41.0 Å². The van der Waals surface area contributed by atoms with Crippen molar-refractivity contribution in [2.24, 2.45) is 0 Å². The molecule has 0 amide bonds. The summed E-state index contributed by atoms with van der Waals surface area (Å²) in [7, 11) is 1.62. The topological polar surface area (TPSA) is 156 Å². The molecule has 3 heterocycles. The Morgan fingerprint density at radius 2 is 1.90 bits per heavy atom. The molecule has 0 bridgehead atoms. The number of nitrogens with zero attached hydrogens (tertiary/aromatic N) is 4. The Bertz CT molecular complexity index is 1540. The molecule has 0 spiro atoms. The zero-order valence-electron chi connectivity index (χ0n) is 21.2. The fourth-order valence-corrected chi connectivity index (χ4v) is 3.41. The molecular formula is C25H24F3N5O6. The number of aliphatic carboxylic acids is 1. The molecule has 3 N–H and O–H groups in total. The molecule has 4 aromatic rings. The Kier molecular flexibility index (Phi) is 8.58. The highest BCUT2D eigenvalue weighted by molar-refractivity contribution is 6.07. The third kappa shape index (κ3) is 6.71. The molecule has 0 aliphatic heterocycles. The predicted octanol–water partition coefficient (Wildman–Crippen LogP) is 4.60. The van der Waals surface area contributed by atoms with Gasteiger partial charge in [0.15, 0.2) is 5.82 Å². The maximum Gasteiger partial charge on any atom is 0.490 e. The van der Waals surface area contributed by atoms with Gasteiger partial charge in [-0.15, -0.1) is 0 Å². The molecule has 0 unspecified atom stereocenters. The number of carbonyl (C=O) groups is 2. The van der Waals surface area contributed by atoms with Crippen LogP contribution in [0.15, 0.2) is 35.1 Å². The Morgan fingerprint density at radius 3 is 2.46 bits per heavy atom. The number of anilines is 1. The number of carboxylic acid groups (broad SMARTS) is 1. The minimum Gasteiger partial charge on any atom is -0.495 e. The lowest BCUT2D eigenvalue weighted by atomic mass is 10.1. The molecule has 0 saturated heterocycles. The van der Waals surface area contributed by atoms with Gasteiger partial charge in [0.05, 0.1) is 36.8 Å². The van der Waals surface area contributed by atoms with Gasteiger partial charge in [0.25, 0.3) is 0 Å². The molecule has 0 saturated carbocycles. The third-order valence-corrected chi connectivity index (χ3v) is 5.11. The standard InChI is InChI=1S/C23H23N5O4.C2HF3O2/c1-5-31-23(29)19-14(3)32-22-20(19)21(24)26-18(27-22)9-7-15-6-8-16(17(10-15)30-4)28-11-13(2)25-12-28;3-2(4,5)1(6)7/h6-12H,5H2,1-4H3,(H2,24,26,27);(H,6,7). The highest BCUT2D eigenvalue weighted by atomic mass is 19.4. The molecule has 0 aliphatic rings. The third-order valence-electron chi connectivity index (χ3n) is 5.11. The van der Waals surface area contributed by atoms with E-state index in [1.54, 1.807) is 33.4 Å². The van der Waals surface area contributed by atoms with Crippen LogP contribution in [0.3, 0.4) is 0 Å². The van der Waals surface area contributed by atoms with Crippen molar-refractivity contribution in [2.75, 3.05) is 19.5 Å².